The summed E-state index contributed by atoms with van der Waals surface area (Å²) >= 11 is 1.24. The highest BCUT2D eigenvalue weighted by atomic mass is 32.2. The van der Waals surface area contributed by atoms with E-state index >= 15 is 0 Å². The monoisotopic (exact) mass is 323 g/mol. The molecule has 1 aliphatic rings. The molecule has 1 saturated carbocycles. The zero-order chi connectivity index (χ0) is 14.9. The molecule has 21 heavy (non-hydrogen) atoms. The van der Waals surface area contributed by atoms with Gasteiger partial charge in [0.25, 0.3) is 10.0 Å². The van der Waals surface area contributed by atoms with Gasteiger partial charge in [-0.3, -0.25) is 9.71 Å². The van der Waals surface area contributed by atoms with Crippen LogP contribution in [0.15, 0.2) is 34.1 Å². The molecule has 0 aromatic carbocycles. The highest BCUT2D eigenvalue weighted by Crippen LogP contribution is 2.24. The fourth-order valence-corrected chi connectivity index (χ4v) is 4.20. The van der Waals surface area contributed by atoms with Gasteiger partial charge in [0, 0.05) is 18.8 Å². The quantitative estimate of drug-likeness (QED) is 0.857. The molecular weight excluding hydrogens is 306 g/mol. The third-order valence-electron chi connectivity index (χ3n) is 3.19. The number of thiophene rings is 1. The van der Waals surface area contributed by atoms with Gasteiger partial charge in [0.15, 0.2) is 0 Å². The van der Waals surface area contributed by atoms with Gasteiger partial charge in [0.1, 0.15) is 4.21 Å². The molecule has 0 saturated heterocycles. The Bertz CT molecular complexity index is 736. The fourth-order valence-electron chi connectivity index (χ4n) is 1.95. The number of aryl methyl sites for hydroxylation is 1. The molecule has 2 aromatic heterocycles. The van der Waals surface area contributed by atoms with Crippen LogP contribution in [-0.2, 0) is 16.6 Å². The molecule has 2 aromatic rings. The van der Waals surface area contributed by atoms with Crippen LogP contribution in [0.25, 0.3) is 0 Å². The lowest BCUT2D eigenvalue weighted by atomic mass is 10.3. The Morgan fingerprint density at radius 1 is 1.33 bits per heavy atom. The first-order valence-electron chi connectivity index (χ1n) is 6.78. The van der Waals surface area contributed by atoms with Crippen molar-refractivity contribution in [2.45, 2.75) is 36.6 Å². The predicted octanol–water partition coefficient (Wildman–Crippen LogP) is 2.50. The van der Waals surface area contributed by atoms with Gasteiger partial charge in [-0.2, -0.15) is 0 Å². The minimum absolute atomic E-state index is 0.330. The molecule has 2 heterocycles. The van der Waals surface area contributed by atoms with E-state index < -0.39 is 10.0 Å². The van der Waals surface area contributed by atoms with Crippen molar-refractivity contribution in [3.63, 3.8) is 0 Å². The Hall–Kier alpha value is -1.44. The smallest absolute Gasteiger partial charge is 0.271 e. The van der Waals surface area contributed by atoms with Crippen molar-refractivity contribution in [3.05, 3.63) is 41.0 Å². The van der Waals surface area contributed by atoms with E-state index in [0.717, 1.165) is 17.7 Å². The molecule has 0 spiro atoms. The lowest BCUT2D eigenvalue weighted by Crippen LogP contribution is -2.15. The van der Waals surface area contributed by atoms with Crippen molar-refractivity contribution in [1.82, 2.24) is 10.3 Å². The first kappa shape index (κ1) is 14.5. The number of aromatic nitrogens is 1. The lowest BCUT2D eigenvalue weighted by Gasteiger charge is -2.06. The van der Waals surface area contributed by atoms with E-state index in [-0.39, 0.29) is 0 Å². The van der Waals surface area contributed by atoms with Gasteiger partial charge < -0.3 is 5.32 Å². The number of hydrogen-bond donors (Lipinski definition) is 2. The fraction of sp³-hybridized carbons (Fsp3) is 0.357. The first-order valence-corrected chi connectivity index (χ1v) is 9.14. The van der Waals surface area contributed by atoms with E-state index in [9.17, 15) is 8.42 Å². The lowest BCUT2D eigenvalue weighted by molar-refractivity contribution is 0.603. The second-order valence-electron chi connectivity index (χ2n) is 5.29. The average Bonchev–Trinajstić information content (AvgIpc) is 3.12. The molecule has 0 amide bonds. The molecule has 0 atom stereocenters. The first-order chi connectivity index (χ1) is 10.0. The largest absolute Gasteiger partial charge is 0.310 e. The van der Waals surface area contributed by atoms with Gasteiger partial charge in [0.2, 0.25) is 0 Å². The van der Waals surface area contributed by atoms with E-state index in [0.29, 0.717) is 15.9 Å². The summed E-state index contributed by atoms with van der Waals surface area (Å²) in [5.41, 5.74) is 2.41. The van der Waals surface area contributed by atoms with Gasteiger partial charge in [0.05, 0.1) is 11.9 Å². The summed E-state index contributed by atoms with van der Waals surface area (Å²) in [6.07, 6.45) is 5.63. The van der Waals surface area contributed by atoms with Crippen LogP contribution in [0.3, 0.4) is 0 Å². The summed E-state index contributed by atoms with van der Waals surface area (Å²) in [5, 5.41) is 5.26. The minimum atomic E-state index is -3.53. The van der Waals surface area contributed by atoms with Crippen LogP contribution in [0, 0.1) is 6.92 Å². The third kappa shape index (κ3) is 3.81. The van der Waals surface area contributed by atoms with Gasteiger partial charge in [-0.1, -0.05) is 0 Å². The van der Waals surface area contributed by atoms with Crippen LogP contribution in [0.1, 0.15) is 24.0 Å². The number of rotatable bonds is 6. The van der Waals surface area contributed by atoms with E-state index in [1.807, 2.05) is 12.3 Å². The van der Waals surface area contributed by atoms with Crippen molar-refractivity contribution in [3.8, 4) is 0 Å². The molecule has 5 nitrogen and oxygen atoms in total. The van der Waals surface area contributed by atoms with Gasteiger partial charge in [-0.25, -0.2) is 8.42 Å². The van der Waals surface area contributed by atoms with Crippen LogP contribution >= 0.6 is 11.3 Å². The van der Waals surface area contributed by atoms with Gasteiger partial charge in [-0.15, -0.1) is 11.3 Å². The summed E-state index contributed by atoms with van der Waals surface area (Å²) in [6.45, 7) is 2.60. The topological polar surface area (TPSA) is 71.1 Å². The standard InChI is InChI=1S/C14H17N3O2S2/c1-10-4-13(8-15-6-10)17-21(18,19)14-5-11(9-20-14)7-16-12-2-3-12/h4-6,8-9,12,16-17H,2-3,7H2,1H3. The summed E-state index contributed by atoms with van der Waals surface area (Å²) in [7, 11) is -3.53. The number of hydrogen-bond acceptors (Lipinski definition) is 5. The number of sulfonamides is 1. The highest BCUT2D eigenvalue weighted by molar-refractivity contribution is 7.94. The molecule has 3 rings (SSSR count). The maximum atomic E-state index is 12.3. The maximum Gasteiger partial charge on any atom is 0.271 e. The summed E-state index contributed by atoms with van der Waals surface area (Å²) < 4.78 is 27.6. The van der Waals surface area contributed by atoms with Crippen molar-refractivity contribution in [1.29, 1.82) is 0 Å². The van der Waals surface area contributed by atoms with E-state index in [1.54, 1.807) is 18.3 Å². The van der Waals surface area contributed by atoms with Crippen LogP contribution < -0.4 is 10.0 Å². The van der Waals surface area contributed by atoms with Crippen LogP contribution in [-0.4, -0.2) is 19.4 Å². The van der Waals surface area contributed by atoms with Crippen LogP contribution in [0.2, 0.25) is 0 Å². The van der Waals surface area contributed by atoms with Crippen LogP contribution in [0.5, 0.6) is 0 Å². The third-order valence-corrected chi connectivity index (χ3v) is 6.06. The Labute approximate surface area is 128 Å². The number of anilines is 1. The molecule has 0 bridgehead atoms. The zero-order valence-electron chi connectivity index (χ0n) is 11.7. The van der Waals surface area contributed by atoms with Crippen molar-refractivity contribution in [2.24, 2.45) is 0 Å². The van der Waals surface area contributed by atoms with Crippen molar-refractivity contribution in [2.75, 3.05) is 4.72 Å². The van der Waals surface area contributed by atoms with Crippen molar-refractivity contribution >= 4 is 27.0 Å². The molecule has 0 unspecified atom stereocenters. The molecular formula is C14H17N3O2S2. The molecule has 2 N–H and O–H groups in total. The summed E-state index contributed by atoms with van der Waals surface area (Å²) in [6, 6.07) is 4.10. The Morgan fingerprint density at radius 2 is 2.14 bits per heavy atom. The van der Waals surface area contributed by atoms with Crippen molar-refractivity contribution < 1.29 is 8.42 Å². The number of pyridine rings is 1. The Kier molecular flexibility index (Phi) is 3.97. The summed E-state index contributed by atoms with van der Waals surface area (Å²) in [4.78, 5) is 3.99. The maximum absolute atomic E-state index is 12.3. The molecule has 1 aliphatic carbocycles. The van der Waals surface area contributed by atoms with Gasteiger partial charge >= 0.3 is 0 Å². The zero-order valence-corrected chi connectivity index (χ0v) is 13.3. The second-order valence-corrected chi connectivity index (χ2v) is 8.11. The average molecular weight is 323 g/mol. The number of nitrogens with zero attached hydrogens (tertiary/aromatic N) is 1. The molecule has 112 valence electrons. The van der Waals surface area contributed by atoms with E-state index in [4.69, 9.17) is 0 Å². The highest BCUT2D eigenvalue weighted by Gasteiger charge is 2.21. The van der Waals surface area contributed by atoms with E-state index in [2.05, 4.69) is 15.0 Å². The summed E-state index contributed by atoms with van der Waals surface area (Å²) in [5.74, 6) is 0. The minimum Gasteiger partial charge on any atom is -0.310 e. The SMILES string of the molecule is Cc1cncc(NS(=O)(=O)c2cc(CNC3CC3)cs2)c1. The predicted molar refractivity (Wildman–Crippen MR) is 84.0 cm³/mol. The van der Waals surface area contributed by atoms with Crippen LogP contribution in [0.4, 0.5) is 5.69 Å². The number of nitrogens with one attached hydrogen (secondary N) is 2. The molecule has 0 radical (unpaired) electrons. The molecule has 1 fully saturated rings. The normalized spacial score (nSPS) is 15.1. The van der Waals surface area contributed by atoms with E-state index in [1.165, 1.54) is 30.4 Å². The molecule has 7 heteroatoms. The Balaban J connectivity index is 1.71. The Morgan fingerprint density at radius 3 is 2.86 bits per heavy atom. The molecule has 0 aliphatic heterocycles. The second kappa shape index (κ2) is 5.75. The van der Waals surface area contributed by atoms with Gasteiger partial charge in [-0.05, 0) is 48.4 Å².